The van der Waals surface area contributed by atoms with Crippen molar-refractivity contribution in [2.24, 2.45) is 0 Å². The highest BCUT2D eigenvalue weighted by molar-refractivity contribution is 7.99. The van der Waals surface area contributed by atoms with Gasteiger partial charge in [0.2, 0.25) is 11.1 Å². The monoisotopic (exact) mass is 467 g/mol. The Morgan fingerprint density at radius 1 is 1.09 bits per heavy atom. The SMILES string of the molecule is COc1ccc(-c2nnc(SCC(=O)NC(C)c3ccc4c(c3)CCCC4)n2N)cc1OC. The van der Waals surface area contributed by atoms with E-state index in [0.717, 1.165) is 24.0 Å². The summed E-state index contributed by atoms with van der Waals surface area (Å²) in [5, 5.41) is 11.9. The first-order valence-electron chi connectivity index (χ1n) is 11.0. The Balaban J connectivity index is 1.38. The third-order valence-electron chi connectivity index (χ3n) is 5.89. The van der Waals surface area contributed by atoms with Crippen LogP contribution in [0.5, 0.6) is 11.5 Å². The van der Waals surface area contributed by atoms with E-state index >= 15 is 0 Å². The number of nitrogen functional groups attached to an aromatic ring is 1. The van der Waals surface area contributed by atoms with Crippen molar-refractivity contribution in [2.45, 2.75) is 43.8 Å². The maximum atomic E-state index is 12.6. The summed E-state index contributed by atoms with van der Waals surface area (Å²) in [6.07, 6.45) is 4.76. The van der Waals surface area contributed by atoms with E-state index in [1.54, 1.807) is 26.4 Å². The van der Waals surface area contributed by atoms with Gasteiger partial charge in [0.25, 0.3) is 0 Å². The van der Waals surface area contributed by atoms with Gasteiger partial charge in [-0.15, -0.1) is 10.2 Å². The Morgan fingerprint density at radius 3 is 2.61 bits per heavy atom. The summed E-state index contributed by atoms with van der Waals surface area (Å²) in [6.45, 7) is 2.01. The lowest BCUT2D eigenvalue weighted by molar-refractivity contribution is -0.119. The zero-order chi connectivity index (χ0) is 23.4. The third kappa shape index (κ3) is 5.08. The van der Waals surface area contributed by atoms with Gasteiger partial charge in [-0.2, -0.15) is 0 Å². The molecule has 0 saturated carbocycles. The molecule has 1 unspecified atom stereocenters. The van der Waals surface area contributed by atoms with Crippen LogP contribution in [0.1, 0.15) is 42.5 Å². The zero-order valence-electron chi connectivity index (χ0n) is 19.1. The number of hydrogen-bond acceptors (Lipinski definition) is 7. The molecule has 1 atom stereocenters. The largest absolute Gasteiger partial charge is 0.493 e. The summed E-state index contributed by atoms with van der Waals surface area (Å²) in [5.74, 6) is 7.98. The summed E-state index contributed by atoms with van der Waals surface area (Å²) < 4.78 is 12.0. The molecule has 0 saturated heterocycles. The smallest absolute Gasteiger partial charge is 0.230 e. The van der Waals surface area contributed by atoms with Crippen molar-refractivity contribution < 1.29 is 14.3 Å². The molecule has 2 aromatic carbocycles. The van der Waals surface area contributed by atoms with Gasteiger partial charge in [0.1, 0.15) is 0 Å². The van der Waals surface area contributed by atoms with Crippen molar-refractivity contribution in [3.8, 4) is 22.9 Å². The van der Waals surface area contributed by atoms with Gasteiger partial charge in [-0.05, 0) is 67.5 Å². The minimum atomic E-state index is -0.0825. The predicted octanol–water partition coefficient (Wildman–Crippen LogP) is 3.52. The molecule has 33 heavy (non-hydrogen) atoms. The number of carbonyl (C=O) groups excluding carboxylic acids is 1. The van der Waals surface area contributed by atoms with Crippen molar-refractivity contribution in [1.82, 2.24) is 20.2 Å². The minimum absolute atomic E-state index is 0.0663. The number of nitrogens with one attached hydrogen (secondary N) is 1. The molecular formula is C24H29N5O3S. The molecule has 1 heterocycles. The highest BCUT2D eigenvalue weighted by Gasteiger charge is 2.18. The number of amides is 1. The van der Waals surface area contributed by atoms with Crippen LogP contribution in [-0.2, 0) is 17.6 Å². The minimum Gasteiger partial charge on any atom is -0.493 e. The number of aromatic nitrogens is 3. The number of fused-ring (bicyclic) bond motifs is 1. The maximum absolute atomic E-state index is 12.6. The summed E-state index contributed by atoms with van der Waals surface area (Å²) in [7, 11) is 3.15. The van der Waals surface area contributed by atoms with Crippen molar-refractivity contribution in [1.29, 1.82) is 0 Å². The van der Waals surface area contributed by atoms with E-state index in [-0.39, 0.29) is 17.7 Å². The van der Waals surface area contributed by atoms with E-state index in [1.165, 1.54) is 40.4 Å². The van der Waals surface area contributed by atoms with Crippen LogP contribution < -0.4 is 20.6 Å². The lowest BCUT2D eigenvalue weighted by atomic mass is 9.89. The molecular weight excluding hydrogens is 438 g/mol. The standard InChI is InChI=1S/C24H29N5O3S/c1-15(17-9-8-16-6-4-5-7-18(16)12-17)26-22(30)14-33-24-28-27-23(29(24)25)19-10-11-20(31-2)21(13-19)32-3/h8-13,15H,4-7,14,25H2,1-3H3,(H,26,30). The van der Waals surface area contributed by atoms with E-state index in [2.05, 4.69) is 33.7 Å². The van der Waals surface area contributed by atoms with Gasteiger partial charge in [-0.3, -0.25) is 4.79 Å². The number of ether oxygens (including phenoxy) is 2. The topological polar surface area (TPSA) is 104 Å². The van der Waals surface area contributed by atoms with E-state index in [9.17, 15) is 4.79 Å². The molecule has 1 aliphatic rings. The Bertz CT molecular complexity index is 1150. The summed E-state index contributed by atoms with van der Waals surface area (Å²) >= 11 is 1.24. The molecule has 0 fully saturated rings. The number of thioether (sulfide) groups is 1. The zero-order valence-corrected chi connectivity index (χ0v) is 19.9. The second kappa shape index (κ2) is 10.2. The molecule has 0 bridgehead atoms. The molecule has 174 valence electrons. The molecule has 4 rings (SSSR count). The molecule has 8 nitrogen and oxygen atoms in total. The van der Waals surface area contributed by atoms with Crippen molar-refractivity contribution in [3.63, 3.8) is 0 Å². The summed E-state index contributed by atoms with van der Waals surface area (Å²) in [6, 6.07) is 11.9. The number of benzene rings is 2. The fourth-order valence-electron chi connectivity index (χ4n) is 4.07. The molecule has 3 N–H and O–H groups in total. The summed E-state index contributed by atoms with van der Waals surface area (Å²) in [4.78, 5) is 12.6. The fourth-order valence-corrected chi connectivity index (χ4v) is 4.73. The first-order chi connectivity index (χ1) is 16.0. The number of methoxy groups -OCH3 is 2. The number of nitrogens with two attached hydrogens (primary N) is 1. The molecule has 0 radical (unpaired) electrons. The Kier molecular flexibility index (Phi) is 7.08. The average molecular weight is 468 g/mol. The van der Waals surface area contributed by atoms with Crippen LogP contribution in [-0.4, -0.2) is 40.8 Å². The van der Waals surface area contributed by atoms with Crippen LogP contribution in [0.4, 0.5) is 0 Å². The van der Waals surface area contributed by atoms with Gasteiger partial charge >= 0.3 is 0 Å². The van der Waals surface area contributed by atoms with Crippen molar-refractivity contribution >= 4 is 17.7 Å². The maximum Gasteiger partial charge on any atom is 0.230 e. The van der Waals surface area contributed by atoms with E-state index in [0.29, 0.717) is 22.5 Å². The van der Waals surface area contributed by atoms with Crippen molar-refractivity contribution in [3.05, 3.63) is 53.1 Å². The lowest BCUT2D eigenvalue weighted by Crippen LogP contribution is -2.28. The molecule has 9 heteroatoms. The van der Waals surface area contributed by atoms with Crippen molar-refractivity contribution in [2.75, 3.05) is 25.8 Å². The first kappa shape index (κ1) is 23.0. The Hall–Kier alpha value is -3.20. The molecule has 3 aromatic rings. The van der Waals surface area contributed by atoms with Gasteiger partial charge in [0.05, 0.1) is 26.0 Å². The summed E-state index contributed by atoms with van der Waals surface area (Å²) in [5.41, 5.74) is 4.71. The third-order valence-corrected chi connectivity index (χ3v) is 6.83. The predicted molar refractivity (Wildman–Crippen MR) is 129 cm³/mol. The molecule has 0 spiro atoms. The Labute approximate surface area is 197 Å². The lowest BCUT2D eigenvalue weighted by Gasteiger charge is -2.20. The van der Waals surface area contributed by atoms with Gasteiger partial charge < -0.3 is 20.6 Å². The van der Waals surface area contributed by atoms with E-state index in [4.69, 9.17) is 15.3 Å². The number of aryl methyl sites for hydroxylation is 2. The second-order valence-electron chi connectivity index (χ2n) is 8.06. The van der Waals surface area contributed by atoms with E-state index < -0.39 is 0 Å². The van der Waals surface area contributed by atoms with Crippen LogP contribution in [0.2, 0.25) is 0 Å². The van der Waals surface area contributed by atoms with Gasteiger partial charge in [-0.25, -0.2) is 4.68 Å². The molecule has 0 aliphatic heterocycles. The average Bonchev–Trinajstić information content (AvgIpc) is 3.21. The van der Waals surface area contributed by atoms with Crippen LogP contribution in [0.15, 0.2) is 41.6 Å². The highest BCUT2D eigenvalue weighted by atomic mass is 32.2. The number of nitrogens with zero attached hydrogens (tertiary/aromatic N) is 3. The number of carbonyl (C=O) groups is 1. The first-order valence-corrected chi connectivity index (χ1v) is 12.0. The van der Waals surface area contributed by atoms with Crippen LogP contribution in [0.25, 0.3) is 11.4 Å². The van der Waals surface area contributed by atoms with Crippen LogP contribution in [0, 0.1) is 0 Å². The van der Waals surface area contributed by atoms with Crippen LogP contribution in [0.3, 0.4) is 0 Å². The fraction of sp³-hybridized carbons (Fsp3) is 0.375. The van der Waals surface area contributed by atoms with Crippen LogP contribution >= 0.6 is 11.8 Å². The highest BCUT2D eigenvalue weighted by Crippen LogP contribution is 2.32. The molecule has 1 aromatic heterocycles. The number of hydrogen-bond donors (Lipinski definition) is 2. The van der Waals surface area contributed by atoms with Gasteiger partial charge in [0.15, 0.2) is 17.3 Å². The normalized spacial score (nSPS) is 13.8. The Morgan fingerprint density at radius 2 is 1.85 bits per heavy atom. The number of rotatable bonds is 8. The van der Waals surface area contributed by atoms with Gasteiger partial charge in [-0.1, -0.05) is 30.0 Å². The molecule has 1 aliphatic carbocycles. The molecule has 1 amide bonds. The second-order valence-corrected chi connectivity index (χ2v) is 9.00. The quantitative estimate of drug-likeness (QED) is 0.386. The van der Waals surface area contributed by atoms with E-state index in [1.807, 2.05) is 13.0 Å². The van der Waals surface area contributed by atoms with Gasteiger partial charge in [0, 0.05) is 5.56 Å².